The zero-order valence-corrected chi connectivity index (χ0v) is 9.45. The SMILES string of the molecule is NC1C=C(c2cc3cccc(F)c3o2)CCC1. The summed E-state index contributed by atoms with van der Waals surface area (Å²) in [6.07, 6.45) is 5.05. The van der Waals surface area contributed by atoms with Crippen LogP contribution in [0.15, 0.2) is 34.8 Å². The van der Waals surface area contributed by atoms with Gasteiger partial charge in [-0.15, -0.1) is 0 Å². The van der Waals surface area contributed by atoms with Crippen molar-refractivity contribution < 1.29 is 8.81 Å². The highest BCUT2D eigenvalue weighted by Gasteiger charge is 2.16. The standard InChI is InChI=1S/C14H14FNO/c15-12-6-2-4-10-8-13(17-14(10)12)9-3-1-5-11(16)7-9/h2,4,6-8,11H,1,3,5,16H2. The Hall–Kier alpha value is -1.61. The summed E-state index contributed by atoms with van der Waals surface area (Å²) in [5.41, 5.74) is 7.33. The zero-order valence-electron chi connectivity index (χ0n) is 9.45. The first-order valence-electron chi connectivity index (χ1n) is 5.89. The van der Waals surface area contributed by atoms with Gasteiger partial charge in [0, 0.05) is 11.4 Å². The Morgan fingerprint density at radius 3 is 3.00 bits per heavy atom. The van der Waals surface area contributed by atoms with E-state index in [9.17, 15) is 4.39 Å². The lowest BCUT2D eigenvalue weighted by Crippen LogP contribution is -2.19. The Balaban J connectivity index is 2.09. The third kappa shape index (κ3) is 1.87. The number of halogens is 1. The molecule has 17 heavy (non-hydrogen) atoms. The molecule has 0 bridgehead atoms. The fraction of sp³-hybridized carbons (Fsp3) is 0.286. The lowest BCUT2D eigenvalue weighted by molar-refractivity contribution is 0.544. The number of fused-ring (bicyclic) bond motifs is 1. The number of hydrogen-bond donors (Lipinski definition) is 1. The molecular weight excluding hydrogens is 217 g/mol. The molecule has 2 N–H and O–H groups in total. The van der Waals surface area contributed by atoms with Gasteiger partial charge in [0.1, 0.15) is 5.76 Å². The molecule has 1 aliphatic carbocycles. The van der Waals surface area contributed by atoms with Gasteiger partial charge >= 0.3 is 0 Å². The minimum absolute atomic E-state index is 0.0943. The molecule has 88 valence electrons. The third-order valence-electron chi connectivity index (χ3n) is 3.21. The maximum absolute atomic E-state index is 13.5. The Labute approximate surface area is 98.9 Å². The molecule has 0 amide bonds. The van der Waals surface area contributed by atoms with Gasteiger partial charge in [0.05, 0.1) is 0 Å². The molecule has 1 heterocycles. The summed E-state index contributed by atoms with van der Waals surface area (Å²) in [7, 11) is 0. The first kappa shape index (κ1) is 10.5. The molecule has 1 aliphatic rings. The molecule has 0 fully saturated rings. The summed E-state index contributed by atoms with van der Waals surface area (Å²) in [5.74, 6) is 0.440. The molecule has 1 aromatic carbocycles. The molecule has 1 unspecified atom stereocenters. The Morgan fingerprint density at radius 1 is 1.35 bits per heavy atom. The van der Waals surface area contributed by atoms with Crippen molar-refractivity contribution in [2.75, 3.05) is 0 Å². The van der Waals surface area contributed by atoms with Gasteiger partial charge in [-0.2, -0.15) is 0 Å². The summed E-state index contributed by atoms with van der Waals surface area (Å²) < 4.78 is 19.1. The van der Waals surface area contributed by atoms with Crippen molar-refractivity contribution in [2.24, 2.45) is 5.73 Å². The summed E-state index contributed by atoms with van der Waals surface area (Å²) in [6, 6.07) is 6.95. The zero-order chi connectivity index (χ0) is 11.8. The van der Waals surface area contributed by atoms with Crippen molar-refractivity contribution in [1.82, 2.24) is 0 Å². The van der Waals surface area contributed by atoms with Crippen LogP contribution in [0.25, 0.3) is 16.5 Å². The fourth-order valence-electron chi connectivity index (χ4n) is 2.34. The van der Waals surface area contributed by atoms with Crippen LogP contribution in [0.1, 0.15) is 25.0 Å². The van der Waals surface area contributed by atoms with Crippen molar-refractivity contribution in [1.29, 1.82) is 0 Å². The predicted molar refractivity (Wildman–Crippen MR) is 66.0 cm³/mol. The van der Waals surface area contributed by atoms with Gasteiger partial charge in [0.15, 0.2) is 11.4 Å². The van der Waals surface area contributed by atoms with E-state index in [1.807, 2.05) is 18.2 Å². The van der Waals surface area contributed by atoms with Crippen LogP contribution in [0.4, 0.5) is 4.39 Å². The van der Waals surface area contributed by atoms with Gasteiger partial charge in [0.25, 0.3) is 0 Å². The smallest absolute Gasteiger partial charge is 0.170 e. The third-order valence-corrected chi connectivity index (χ3v) is 3.21. The van der Waals surface area contributed by atoms with E-state index in [2.05, 4.69) is 0 Å². The second-order valence-electron chi connectivity index (χ2n) is 4.52. The number of para-hydroxylation sites is 1. The molecule has 1 atom stereocenters. The van der Waals surface area contributed by atoms with Crippen molar-refractivity contribution in [3.05, 3.63) is 41.9 Å². The Morgan fingerprint density at radius 2 is 2.24 bits per heavy atom. The van der Waals surface area contributed by atoms with Gasteiger partial charge in [0.2, 0.25) is 0 Å². The van der Waals surface area contributed by atoms with E-state index in [-0.39, 0.29) is 11.9 Å². The lowest BCUT2D eigenvalue weighted by atomic mass is 9.95. The molecule has 3 rings (SSSR count). The number of rotatable bonds is 1. The van der Waals surface area contributed by atoms with E-state index in [1.165, 1.54) is 6.07 Å². The predicted octanol–water partition coefficient (Wildman–Crippen LogP) is 3.47. The van der Waals surface area contributed by atoms with Crippen LogP contribution in [-0.2, 0) is 0 Å². The van der Waals surface area contributed by atoms with E-state index < -0.39 is 0 Å². The molecule has 0 spiro atoms. The lowest BCUT2D eigenvalue weighted by Gasteiger charge is -2.15. The summed E-state index contributed by atoms with van der Waals surface area (Å²) in [5, 5.41) is 0.806. The van der Waals surface area contributed by atoms with Crippen molar-refractivity contribution in [2.45, 2.75) is 25.3 Å². The molecule has 0 saturated heterocycles. The number of hydrogen-bond acceptors (Lipinski definition) is 2. The normalized spacial score (nSPS) is 20.6. The molecule has 2 aromatic rings. The number of nitrogens with two attached hydrogens (primary N) is 1. The number of furan rings is 1. The van der Waals surface area contributed by atoms with E-state index in [4.69, 9.17) is 10.2 Å². The van der Waals surface area contributed by atoms with E-state index in [0.717, 1.165) is 36.0 Å². The number of allylic oxidation sites excluding steroid dienone is 1. The second-order valence-corrected chi connectivity index (χ2v) is 4.52. The maximum atomic E-state index is 13.5. The minimum atomic E-state index is -0.311. The van der Waals surface area contributed by atoms with Crippen LogP contribution in [0.3, 0.4) is 0 Å². The molecule has 3 heteroatoms. The highest BCUT2D eigenvalue weighted by Crippen LogP contribution is 2.31. The van der Waals surface area contributed by atoms with E-state index >= 15 is 0 Å². The second kappa shape index (κ2) is 4.00. The Kier molecular flexibility index (Phi) is 2.48. The van der Waals surface area contributed by atoms with Crippen molar-refractivity contribution in [3.63, 3.8) is 0 Å². The highest BCUT2D eigenvalue weighted by molar-refractivity contribution is 5.82. The molecule has 2 nitrogen and oxygen atoms in total. The summed E-state index contributed by atoms with van der Waals surface area (Å²) in [6.45, 7) is 0. The van der Waals surface area contributed by atoms with Gasteiger partial charge < -0.3 is 10.2 Å². The van der Waals surface area contributed by atoms with Gasteiger partial charge in [-0.25, -0.2) is 4.39 Å². The molecule has 0 saturated carbocycles. The average molecular weight is 231 g/mol. The first-order valence-corrected chi connectivity index (χ1v) is 5.89. The van der Waals surface area contributed by atoms with E-state index in [0.29, 0.717) is 5.58 Å². The molecular formula is C14H14FNO. The van der Waals surface area contributed by atoms with Crippen LogP contribution in [-0.4, -0.2) is 6.04 Å². The van der Waals surface area contributed by atoms with Gasteiger partial charge in [-0.05, 0) is 37.0 Å². The molecule has 0 aliphatic heterocycles. The van der Waals surface area contributed by atoms with Crippen LogP contribution >= 0.6 is 0 Å². The van der Waals surface area contributed by atoms with Gasteiger partial charge in [-0.1, -0.05) is 18.2 Å². The Bertz CT molecular complexity index is 585. The van der Waals surface area contributed by atoms with Crippen LogP contribution in [0.2, 0.25) is 0 Å². The van der Waals surface area contributed by atoms with Gasteiger partial charge in [-0.3, -0.25) is 0 Å². The average Bonchev–Trinajstić information content (AvgIpc) is 2.74. The van der Waals surface area contributed by atoms with Crippen LogP contribution in [0.5, 0.6) is 0 Å². The van der Waals surface area contributed by atoms with Crippen LogP contribution in [0, 0.1) is 5.82 Å². The molecule has 0 radical (unpaired) electrons. The van der Waals surface area contributed by atoms with Crippen molar-refractivity contribution >= 4 is 16.5 Å². The maximum Gasteiger partial charge on any atom is 0.170 e. The largest absolute Gasteiger partial charge is 0.453 e. The van der Waals surface area contributed by atoms with Crippen LogP contribution < -0.4 is 5.73 Å². The topological polar surface area (TPSA) is 39.2 Å². The fourth-order valence-corrected chi connectivity index (χ4v) is 2.34. The highest BCUT2D eigenvalue weighted by atomic mass is 19.1. The minimum Gasteiger partial charge on any atom is -0.453 e. The summed E-state index contributed by atoms with van der Waals surface area (Å²) in [4.78, 5) is 0. The monoisotopic (exact) mass is 231 g/mol. The number of benzene rings is 1. The first-order chi connectivity index (χ1) is 8.24. The van der Waals surface area contributed by atoms with Crippen molar-refractivity contribution in [3.8, 4) is 0 Å². The molecule has 1 aromatic heterocycles. The van der Waals surface area contributed by atoms with E-state index in [1.54, 1.807) is 6.07 Å². The summed E-state index contributed by atoms with van der Waals surface area (Å²) >= 11 is 0. The quantitative estimate of drug-likeness (QED) is 0.816.